The lowest BCUT2D eigenvalue weighted by atomic mass is 10.1. The molecule has 0 N–H and O–H groups in total. The summed E-state index contributed by atoms with van der Waals surface area (Å²) in [7, 11) is 0. The molecule has 0 amide bonds. The second kappa shape index (κ2) is 9.00. The first-order valence-corrected chi connectivity index (χ1v) is 7.31. The molecule has 0 radical (unpaired) electrons. The van der Waals surface area contributed by atoms with Gasteiger partial charge in [0, 0.05) is 0 Å². The Morgan fingerprint density at radius 2 is 1.56 bits per heavy atom. The Morgan fingerprint density at radius 1 is 0.875 bits per heavy atom. The summed E-state index contributed by atoms with van der Waals surface area (Å²) in [6, 6.07) is 0. The first-order chi connectivity index (χ1) is 7.86. The molecule has 2 heteroatoms. The minimum Gasteiger partial charge on any atom is -0.304 e. The maximum Gasteiger partial charge on any atom is -0.00187 e. The molecule has 0 aromatic heterocycles. The quantitative estimate of drug-likeness (QED) is 0.587. The Balaban J connectivity index is 1.90. The molecule has 0 atom stereocenters. The van der Waals surface area contributed by atoms with Gasteiger partial charge in [-0.1, -0.05) is 26.7 Å². The van der Waals surface area contributed by atoms with Crippen LogP contribution in [0.2, 0.25) is 0 Å². The lowest BCUT2D eigenvalue weighted by Crippen LogP contribution is -2.30. The molecule has 0 aromatic carbocycles. The van der Waals surface area contributed by atoms with Crippen LogP contribution in [-0.4, -0.2) is 49.1 Å². The molecule has 0 spiro atoms. The first kappa shape index (κ1) is 14.0. The van der Waals surface area contributed by atoms with E-state index in [4.69, 9.17) is 0 Å². The minimum atomic E-state index is 1.21. The molecule has 1 rings (SSSR count). The van der Waals surface area contributed by atoms with Gasteiger partial charge < -0.3 is 9.80 Å². The zero-order valence-corrected chi connectivity index (χ0v) is 11.4. The van der Waals surface area contributed by atoms with Crippen LogP contribution in [0.1, 0.15) is 52.4 Å². The van der Waals surface area contributed by atoms with Crippen LogP contribution < -0.4 is 0 Å². The molecule has 1 aliphatic rings. The third-order valence-corrected chi connectivity index (χ3v) is 3.79. The van der Waals surface area contributed by atoms with Crippen molar-refractivity contribution in [3.05, 3.63) is 0 Å². The van der Waals surface area contributed by atoms with E-state index in [2.05, 4.69) is 23.6 Å². The van der Waals surface area contributed by atoms with Gasteiger partial charge in [0.2, 0.25) is 0 Å². The van der Waals surface area contributed by atoms with Gasteiger partial charge in [0.1, 0.15) is 0 Å². The number of hydrogen-bond donors (Lipinski definition) is 0. The predicted molar refractivity (Wildman–Crippen MR) is 71.9 cm³/mol. The van der Waals surface area contributed by atoms with Gasteiger partial charge in [0.05, 0.1) is 0 Å². The molecule has 16 heavy (non-hydrogen) atoms. The SMILES string of the molecule is CCN(CC)CCCCCN1CCCCC1. The monoisotopic (exact) mass is 226 g/mol. The summed E-state index contributed by atoms with van der Waals surface area (Å²) in [5.74, 6) is 0. The van der Waals surface area contributed by atoms with Gasteiger partial charge >= 0.3 is 0 Å². The molecule has 2 nitrogen and oxygen atoms in total. The highest BCUT2D eigenvalue weighted by atomic mass is 15.1. The molecule has 1 saturated heterocycles. The Hall–Kier alpha value is -0.0800. The Morgan fingerprint density at radius 3 is 2.19 bits per heavy atom. The van der Waals surface area contributed by atoms with Crippen molar-refractivity contribution in [3.63, 3.8) is 0 Å². The number of likely N-dealkylation sites (tertiary alicyclic amines) is 1. The van der Waals surface area contributed by atoms with Gasteiger partial charge in [-0.15, -0.1) is 0 Å². The smallest absolute Gasteiger partial charge is 0.00187 e. The normalized spacial score (nSPS) is 18.2. The second-order valence-corrected chi connectivity index (χ2v) is 4.99. The summed E-state index contributed by atoms with van der Waals surface area (Å²) in [5, 5.41) is 0. The fraction of sp³-hybridized carbons (Fsp3) is 1.00. The van der Waals surface area contributed by atoms with E-state index in [1.807, 2.05) is 0 Å². The first-order valence-electron chi connectivity index (χ1n) is 7.31. The predicted octanol–water partition coefficient (Wildman–Crippen LogP) is 2.98. The summed E-state index contributed by atoms with van der Waals surface area (Å²) in [4.78, 5) is 5.18. The van der Waals surface area contributed by atoms with E-state index in [1.54, 1.807) is 0 Å². The van der Waals surface area contributed by atoms with Crippen molar-refractivity contribution < 1.29 is 0 Å². The average molecular weight is 226 g/mol. The summed E-state index contributed by atoms with van der Waals surface area (Å²) in [6.45, 7) is 12.3. The standard InChI is InChI=1S/C14H30N2/c1-3-15(4-2)11-7-5-8-12-16-13-9-6-10-14-16/h3-14H2,1-2H3. The van der Waals surface area contributed by atoms with Crippen LogP contribution in [0.15, 0.2) is 0 Å². The van der Waals surface area contributed by atoms with Crippen LogP contribution in [0.5, 0.6) is 0 Å². The van der Waals surface area contributed by atoms with E-state index in [9.17, 15) is 0 Å². The fourth-order valence-corrected chi connectivity index (χ4v) is 2.57. The molecule has 0 bridgehead atoms. The number of piperidine rings is 1. The topological polar surface area (TPSA) is 6.48 Å². The van der Waals surface area contributed by atoms with Crippen molar-refractivity contribution in [2.24, 2.45) is 0 Å². The summed E-state index contributed by atoms with van der Waals surface area (Å²) < 4.78 is 0. The van der Waals surface area contributed by atoms with Crippen LogP contribution in [-0.2, 0) is 0 Å². The van der Waals surface area contributed by atoms with E-state index in [-0.39, 0.29) is 0 Å². The molecule has 1 aliphatic heterocycles. The number of nitrogens with zero attached hydrogens (tertiary/aromatic N) is 2. The van der Waals surface area contributed by atoms with Gasteiger partial charge in [-0.25, -0.2) is 0 Å². The van der Waals surface area contributed by atoms with Crippen LogP contribution in [0.3, 0.4) is 0 Å². The Labute approximate surface area is 102 Å². The molecule has 1 heterocycles. The van der Waals surface area contributed by atoms with Gasteiger partial charge in [-0.2, -0.15) is 0 Å². The van der Waals surface area contributed by atoms with Crippen molar-refractivity contribution in [3.8, 4) is 0 Å². The van der Waals surface area contributed by atoms with E-state index in [1.165, 1.54) is 77.8 Å². The molecule has 0 aliphatic carbocycles. The van der Waals surface area contributed by atoms with Crippen molar-refractivity contribution >= 4 is 0 Å². The van der Waals surface area contributed by atoms with Crippen molar-refractivity contribution in [1.29, 1.82) is 0 Å². The molecule has 0 aromatic rings. The van der Waals surface area contributed by atoms with Gasteiger partial charge in [-0.3, -0.25) is 0 Å². The number of unbranched alkanes of at least 4 members (excludes halogenated alkanes) is 2. The average Bonchev–Trinajstić information content (AvgIpc) is 2.35. The highest BCUT2D eigenvalue weighted by molar-refractivity contribution is 4.64. The lowest BCUT2D eigenvalue weighted by molar-refractivity contribution is 0.221. The van der Waals surface area contributed by atoms with Crippen molar-refractivity contribution in [2.45, 2.75) is 52.4 Å². The molecule has 0 saturated carbocycles. The fourth-order valence-electron chi connectivity index (χ4n) is 2.57. The molecule has 96 valence electrons. The van der Waals surface area contributed by atoms with Crippen LogP contribution >= 0.6 is 0 Å². The summed E-state index contributed by atoms with van der Waals surface area (Å²) in [6.07, 6.45) is 8.52. The van der Waals surface area contributed by atoms with Crippen molar-refractivity contribution in [2.75, 3.05) is 39.3 Å². The summed E-state index contributed by atoms with van der Waals surface area (Å²) in [5.41, 5.74) is 0. The van der Waals surface area contributed by atoms with Crippen molar-refractivity contribution in [1.82, 2.24) is 9.80 Å². The summed E-state index contributed by atoms with van der Waals surface area (Å²) >= 11 is 0. The molecule has 1 fully saturated rings. The largest absolute Gasteiger partial charge is 0.304 e. The maximum atomic E-state index is 2.65. The van der Waals surface area contributed by atoms with Gasteiger partial charge in [0.15, 0.2) is 0 Å². The highest BCUT2D eigenvalue weighted by Crippen LogP contribution is 2.10. The molecule has 0 unspecified atom stereocenters. The van der Waals surface area contributed by atoms with E-state index < -0.39 is 0 Å². The Kier molecular flexibility index (Phi) is 7.87. The van der Waals surface area contributed by atoms with Gasteiger partial charge in [-0.05, 0) is 65.0 Å². The zero-order valence-electron chi connectivity index (χ0n) is 11.4. The van der Waals surface area contributed by atoms with E-state index in [0.717, 1.165) is 0 Å². The zero-order chi connectivity index (χ0) is 11.6. The van der Waals surface area contributed by atoms with E-state index >= 15 is 0 Å². The van der Waals surface area contributed by atoms with Crippen LogP contribution in [0.25, 0.3) is 0 Å². The van der Waals surface area contributed by atoms with Crippen LogP contribution in [0, 0.1) is 0 Å². The maximum absolute atomic E-state index is 2.65. The third-order valence-electron chi connectivity index (χ3n) is 3.79. The lowest BCUT2D eigenvalue weighted by Gasteiger charge is -2.26. The number of hydrogen-bond acceptors (Lipinski definition) is 2. The third kappa shape index (κ3) is 5.86. The minimum absolute atomic E-state index is 1.21. The second-order valence-electron chi connectivity index (χ2n) is 4.99. The Bertz CT molecular complexity index is 149. The molecular formula is C14H30N2. The number of rotatable bonds is 8. The van der Waals surface area contributed by atoms with E-state index in [0.29, 0.717) is 0 Å². The highest BCUT2D eigenvalue weighted by Gasteiger charge is 2.08. The van der Waals surface area contributed by atoms with Crippen LogP contribution in [0.4, 0.5) is 0 Å². The van der Waals surface area contributed by atoms with Gasteiger partial charge in [0.25, 0.3) is 0 Å². The molecular weight excluding hydrogens is 196 g/mol.